The van der Waals surface area contributed by atoms with Gasteiger partial charge in [-0.2, -0.15) is 0 Å². The molecule has 1 saturated heterocycles. The minimum Gasteiger partial charge on any atom is -0.497 e. The molecule has 1 fully saturated rings. The van der Waals surface area contributed by atoms with Gasteiger partial charge in [0.15, 0.2) is 0 Å². The molecule has 25 heavy (non-hydrogen) atoms. The van der Waals surface area contributed by atoms with E-state index < -0.39 is 0 Å². The number of carbonyl (C=O) groups is 1. The fourth-order valence-corrected chi connectivity index (χ4v) is 3.14. The predicted octanol–water partition coefficient (Wildman–Crippen LogP) is 4.21. The van der Waals surface area contributed by atoms with Gasteiger partial charge in [0.25, 0.3) is 0 Å². The highest BCUT2D eigenvalue weighted by Crippen LogP contribution is 2.34. The summed E-state index contributed by atoms with van der Waals surface area (Å²) >= 11 is 0. The third-order valence-electron chi connectivity index (χ3n) is 4.42. The zero-order valence-electron chi connectivity index (χ0n) is 14.3. The van der Waals surface area contributed by atoms with E-state index >= 15 is 0 Å². The van der Waals surface area contributed by atoms with Crippen molar-refractivity contribution in [2.45, 2.75) is 18.9 Å². The molecule has 1 aliphatic rings. The monoisotopic (exact) mass is 344 g/mol. The van der Waals surface area contributed by atoms with Crippen molar-refractivity contribution in [2.75, 3.05) is 26.1 Å². The summed E-state index contributed by atoms with van der Waals surface area (Å²) in [5, 5.41) is 2.90. The molecule has 1 atom stereocenters. The van der Waals surface area contributed by atoms with Crippen molar-refractivity contribution >= 4 is 11.7 Å². The second kappa shape index (κ2) is 7.42. The molecule has 1 N–H and O–H groups in total. The van der Waals surface area contributed by atoms with Crippen molar-refractivity contribution in [3.63, 3.8) is 0 Å². The van der Waals surface area contributed by atoms with Crippen LogP contribution in [0.3, 0.4) is 0 Å². The Bertz CT molecular complexity index is 749. The summed E-state index contributed by atoms with van der Waals surface area (Å²) in [5.41, 5.74) is 1.49. The number of anilines is 1. The molecule has 0 unspecified atom stereocenters. The molecule has 1 aliphatic heterocycles. The van der Waals surface area contributed by atoms with Gasteiger partial charge >= 0.3 is 6.03 Å². The maximum absolute atomic E-state index is 13.2. The molecule has 2 amide bonds. The highest BCUT2D eigenvalue weighted by atomic mass is 19.1. The molecule has 0 bridgehead atoms. The summed E-state index contributed by atoms with van der Waals surface area (Å²) in [6, 6.07) is 11.3. The summed E-state index contributed by atoms with van der Waals surface area (Å²) in [5.74, 6) is 0.915. The Hall–Kier alpha value is -2.76. The number of amides is 2. The number of carbonyl (C=O) groups excluding carboxylic acids is 1. The molecule has 0 radical (unpaired) electrons. The lowest BCUT2D eigenvalue weighted by Gasteiger charge is -2.26. The van der Waals surface area contributed by atoms with Gasteiger partial charge in [-0.25, -0.2) is 9.18 Å². The number of halogens is 1. The number of hydrogen-bond acceptors (Lipinski definition) is 3. The number of benzene rings is 2. The number of hydrogen-bond donors (Lipinski definition) is 1. The fraction of sp³-hybridized carbons (Fsp3) is 0.316. The summed E-state index contributed by atoms with van der Waals surface area (Å²) in [6.45, 7) is 0.653. The Labute approximate surface area is 146 Å². The average Bonchev–Trinajstić information content (AvgIpc) is 3.12. The molecule has 5 nitrogen and oxygen atoms in total. The average molecular weight is 344 g/mol. The van der Waals surface area contributed by atoms with E-state index in [0.717, 1.165) is 18.4 Å². The van der Waals surface area contributed by atoms with Gasteiger partial charge in [0, 0.05) is 12.6 Å². The molecule has 0 saturated carbocycles. The zero-order chi connectivity index (χ0) is 17.8. The smallest absolute Gasteiger partial charge is 0.322 e. The van der Waals surface area contributed by atoms with Crippen LogP contribution in [0.5, 0.6) is 11.5 Å². The van der Waals surface area contributed by atoms with Crippen LogP contribution in [0.25, 0.3) is 0 Å². The number of rotatable bonds is 4. The Morgan fingerprint density at radius 3 is 2.60 bits per heavy atom. The number of ether oxygens (including phenoxy) is 2. The standard InChI is InChI=1S/C19H21FN2O3/c1-24-15-9-10-18(25-2)16(12-15)21-19(23)22-11-3-4-17(22)13-5-7-14(20)8-6-13/h5-10,12,17H,3-4,11H2,1-2H3,(H,21,23)/t17-/m0/s1. The first-order valence-electron chi connectivity index (χ1n) is 8.17. The zero-order valence-corrected chi connectivity index (χ0v) is 14.3. The van der Waals surface area contributed by atoms with Crippen molar-refractivity contribution in [3.05, 3.63) is 53.8 Å². The number of nitrogens with zero attached hydrogens (tertiary/aromatic N) is 1. The molecule has 2 aromatic carbocycles. The number of urea groups is 1. The largest absolute Gasteiger partial charge is 0.497 e. The van der Waals surface area contributed by atoms with E-state index in [1.54, 1.807) is 49.5 Å². The van der Waals surface area contributed by atoms with E-state index in [1.165, 1.54) is 12.1 Å². The van der Waals surface area contributed by atoms with Gasteiger partial charge in [-0.1, -0.05) is 12.1 Å². The van der Waals surface area contributed by atoms with Crippen molar-refractivity contribution in [1.29, 1.82) is 0 Å². The van der Waals surface area contributed by atoms with Crippen molar-refractivity contribution in [1.82, 2.24) is 4.90 Å². The topological polar surface area (TPSA) is 50.8 Å². The highest BCUT2D eigenvalue weighted by molar-refractivity contribution is 5.91. The third-order valence-corrected chi connectivity index (χ3v) is 4.42. The first-order valence-corrected chi connectivity index (χ1v) is 8.17. The van der Waals surface area contributed by atoms with Crippen LogP contribution in [0, 0.1) is 5.82 Å². The number of methoxy groups -OCH3 is 2. The second-order valence-electron chi connectivity index (χ2n) is 5.90. The lowest BCUT2D eigenvalue weighted by Crippen LogP contribution is -2.34. The minimum absolute atomic E-state index is 0.0581. The van der Waals surface area contributed by atoms with E-state index in [9.17, 15) is 9.18 Å². The van der Waals surface area contributed by atoms with Gasteiger partial charge in [0.05, 0.1) is 25.9 Å². The highest BCUT2D eigenvalue weighted by Gasteiger charge is 2.30. The predicted molar refractivity (Wildman–Crippen MR) is 93.6 cm³/mol. The summed E-state index contributed by atoms with van der Waals surface area (Å²) < 4.78 is 23.7. The lowest BCUT2D eigenvalue weighted by molar-refractivity contribution is 0.207. The molecule has 0 aliphatic carbocycles. The van der Waals surface area contributed by atoms with Crippen LogP contribution >= 0.6 is 0 Å². The maximum atomic E-state index is 13.2. The van der Waals surface area contributed by atoms with Crippen molar-refractivity contribution < 1.29 is 18.7 Å². The molecule has 0 spiro atoms. The van der Waals surface area contributed by atoms with Crippen LogP contribution in [-0.4, -0.2) is 31.7 Å². The van der Waals surface area contributed by atoms with Crippen LogP contribution in [0.15, 0.2) is 42.5 Å². The molecule has 3 rings (SSSR count). The Morgan fingerprint density at radius 1 is 1.16 bits per heavy atom. The van der Waals surface area contributed by atoms with Gasteiger partial charge < -0.3 is 19.7 Å². The quantitative estimate of drug-likeness (QED) is 0.904. The van der Waals surface area contributed by atoms with E-state index in [4.69, 9.17) is 9.47 Å². The first-order chi connectivity index (χ1) is 12.1. The van der Waals surface area contributed by atoms with Crippen molar-refractivity contribution in [3.8, 4) is 11.5 Å². The Kier molecular flexibility index (Phi) is 5.07. The molecular formula is C19H21FN2O3. The van der Waals surface area contributed by atoms with Crippen LogP contribution in [0.2, 0.25) is 0 Å². The summed E-state index contributed by atoms with van der Waals surface area (Å²) in [7, 11) is 3.12. The first kappa shape index (κ1) is 17.1. The second-order valence-corrected chi connectivity index (χ2v) is 5.90. The van der Waals surface area contributed by atoms with Gasteiger partial charge in [-0.15, -0.1) is 0 Å². The van der Waals surface area contributed by atoms with Crippen LogP contribution in [0.4, 0.5) is 14.9 Å². The number of likely N-dealkylation sites (tertiary alicyclic amines) is 1. The van der Waals surface area contributed by atoms with E-state index in [1.807, 2.05) is 0 Å². The van der Waals surface area contributed by atoms with Crippen LogP contribution in [-0.2, 0) is 0 Å². The molecule has 2 aromatic rings. The number of nitrogens with one attached hydrogen (secondary N) is 1. The maximum Gasteiger partial charge on any atom is 0.322 e. The van der Waals surface area contributed by atoms with Gasteiger partial charge in [0.1, 0.15) is 17.3 Å². The van der Waals surface area contributed by atoms with Crippen LogP contribution < -0.4 is 14.8 Å². The molecule has 1 heterocycles. The van der Waals surface area contributed by atoms with E-state index in [-0.39, 0.29) is 17.9 Å². The fourth-order valence-electron chi connectivity index (χ4n) is 3.14. The minimum atomic E-state index is -0.279. The van der Waals surface area contributed by atoms with Gasteiger partial charge in [0.2, 0.25) is 0 Å². The third kappa shape index (κ3) is 3.68. The molecular weight excluding hydrogens is 323 g/mol. The molecule has 6 heteroatoms. The Morgan fingerprint density at radius 2 is 1.92 bits per heavy atom. The lowest BCUT2D eigenvalue weighted by atomic mass is 10.0. The molecule has 132 valence electrons. The summed E-state index contributed by atoms with van der Waals surface area (Å²) in [4.78, 5) is 14.5. The van der Waals surface area contributed by atoms with Crippen LogP contribution in [0.1, 0.15) is 24.4 Å². The Balaban J connectivity index is 1.79. The van der Waals surface area contributed by atoms with Crippen molar-refractivity contribution in [2.24, 2.45) is 0 Å². The van der Waals surface area contributed by atoms with E-state index in [2.05, 4.69) is 5.32 Å². The SMILES string of the molecule is COc1ccc(OC)c(NC(=O)N2CCC[C@H]2c2ccc(F)cc2)c1. The summed E-state index contributed by atoms with van der Waals surface area (Å²) in [6.07, 6.45) is 1.76. The molecule has 0 aromatic heterocycles. The van der Waals surface area contributed by atoms with Gasteiger partial charge in [-0.3, -0.25) is 0 Å². The van der Waals surface area contributed by atoms with Gasteiger partial charge in [-0.05, 0) is 42.7 Å². The normalized spacial score (nSPS) is 16.6. The van der Waals surface area contributed by atoms with E-state index in [0.29, 0.717) is 23.7 Å².